The first kappa shape index (κ1) is 14.5. The molecule has 0 aliphatic carbocycles. The van der Waals surface area contributed by atoms with Gasteiger partial charge in [-0.15, -0.1) is 0 Å². The fourth-order valence-corrected chi connectivity index (χ4v) is 2.11. The van der Waals surface area contributed by atoms with Gasteiger partial charge < -0.3 is 11.1 Å². The van der Waals surface area contributed by atoms with Crippen molar-refractivity contribution in [1.29, 1.82) is 0 Å². The number of hydrogen-bond donors (Lipinski definition) is 2. The Morgan fingerprint density at radius 1 is 1.47 bits per heavy atom. The number of hydrogen-bond acceptors (Lipinski definition) is 2. The molecule has 3 N–H and O–H groups in total. The fourth-order valence-electron chi connectivity index (χ4n) is 1.38. The number of nitrogens with two attached hydrogens (primary N) is 1. The zero-order valence-corrected chi connectivity index (χ0v) is 12.1. The number of aryl methyl sites for hydroxylation is 1. The maximum absolute atomic E-state index is 11.6. The molecule has 0 bridgehead atoms. The van der Waals surface area contributed by atoms with Gasteiger partial charge >= 0.3 is 0 Å². The third-order valence-corrected chi connectivity index (χ3v) is 3.44. The average molecular weight is 320 g/mol. The Bertz CT molecular complexity index is 410. The van der Waals surface area contributed by atoms with Crippen molar-refractivity contribution >= 4 is 39.1 Å². The highest BCUT2D eigenvalue weighted by atomic mass is 79.9. The summed E-state index contributed by atoms with van der Waals surface area (Å²) in [7, 11) is 0. The Hall–Kier alpha value is -0.580. The Morgan fingerprint density at radius 3 is 2.82 bits per heavy atom. The highest BCUT2D eigenvalue weighted by molar-refractivity contribution is 9.10. The quantitative estimate of drug-likeness (QED) is 0.816. The van der Waals surface area contributed by atoms with Crippen molar-refractivity contribution in [3.8, 4) is 0 Å². The van der Waals surface area contributed by atoms with E-state index in [1.807, 2.05) is 13.0 Å². The minimum atomic E-state index is -0.0148. The number of carbonyl (C=O) groups excluding carboxylic acids is 1. The summed E-state index contributed by atoms with van der Waals surface area (Å²) in [6, 6.07) is 3.64. The Morgan fingerprint density at radius 2 is 2.18 bits per heavy atom. The van der Waals surface area contributed by atoms with E-state index in [1.54, 1.807) is 6.07 Å². The van der Waals surface area contributed by atoms with Crippen LogP contribution < -0.4 is 11.1 Å². The largest absolute Gasteiger partial charge is 0.330 e. The van der Waals surface area contributed by atoms with Crippen LogP contribution in [-0.2, 0) is 4.79 Å². The molecular weight excluding hydrogens is 304 g/mol. The molecule has 0 saturated heterocycles. The van der Waals surface area contributed by atoms with Gasteiger partial charge in [0, 0.05) is 15.9 Å². The first-order valence-corrected chi connectivity index (χ1v) is 6.67. The molecule has 1 aromatic carbocycles. The van der Waals surface area contributed by atoms with E-state index in [2.05, 4.69) is 21.2 Å². The lowest BCUT2D eigenvalue weighted by atomic mass is 10.2. The molecule has 0 aromatic heterocycles. The smallest absolute Gasteiger partial charge is 0.224 e. The third-order valence-electron chi connectivity index (χ3n) is 2.38. The molecule has 0 unspecified atom stereocenters. The summed E-state index contributed by atoms with van der Waals surface area (Å²) in [6.07, 6.45) is 2.15. The average Bonchev–Trinajstić information content (AvgIpc) is 2.26. The lowest BCUT2D eigenvalue weighted by molar-refractivity contribution is -0.116. The number of benzene rings is 1. The Balaban J connectivity index is 2.62. The molecule has 0 aliphatic rings. The van der Waals surface area contributed by atoms with Crippen LogP contribution in [0.1, 0.15) is 24.8 Å². The van der Waals surface area contributed by atoms with Crippen LogP contribution >= 0.6 is 27.5 Å². The van der Waals surface area contributed by atoms with Gasteiger partial charge in [0.25, 0.3) is 0 Å². The summed E-state index contributed by atoms with van der Waals surface area (Å²) in [4.78, 5) is 11.6. The van der Waals surface area contributed by atoms with E-state index in [-0.39, 0.29) is 5.91 Å². The molecule has 1 amide bonds. The van der Waals surface area contributed by atoms with Crippen molar-refractivity contribution in [3.05, 3.63) is 27.2 Å². The summed E-state index contributed by atoms with van der Waals surface area (Å²) in [6.45, 7) is 2.53. The van der Waals surface area contributed by atoms with E-state index < -0.39 is 0 Å². The molecule has 0 heterocycles. The number of halogens is 2. The molecule has 1 rings (SSSR count). The fraction of sp³-hybridized carbons (Fsp3) is 0.417. The zero-order chi connectivity index (χ0) is 12.8. The molecule has 5 heteroatoms. The minimum Gasteiger partial charge on any atom is -0.330 e. The van der Waals surface area contributed by atoms with E-state index in [9.17, 15) is 4.79 Å². The summed E-state index contributed by atoms with van der Waals surface area (Å²) >= 11 is 9.41. The van der Waals surface area contributed by atoms with E-state index in [1.165, 1.54) is 0 Å². The maximum atomic E-state index is 11.6. The second-order valence-electron chi connectivity index (χ2n) is 3.88. The molecule has 0 saturated carbocycles. The van der Waals surface area contributed by atoms with Crippen LogP contribution in [0.2, 0.25) is 5.02 Å². The molecule has 0 spiro atoms. The number of amides is 1. The molecular formula is C12H16BrClN2O. The van der Waals surface area contributed by atoms with Crippen molar-refractivity contribution in [3.63, 3.8) is 0 Å². The van der Waals surface area contributed by atoms with Gasteiger partial charge in [0.2, 0.25) is 5.91 Å². The summed E-state index contributed by atoms with van der Waals surface area (Å²) < 4.78 is 0.839. The normalized spacial score (nSPS) is 10.4. The first-order chi connectivity index (χ1) is 8.04. The van der Waals surface area contributed by atoms with Crippen molar-refractivity contribution in [1.82, 2.24) is 0 Å². The van der Waals surface area contributed by atoms with E-state index in [0.717, 1.165) is 22.9 Å². The summed E-state index contributed by atoms with van der Waals surface area (Å²) in [5, 5.41) is 3.47. The SMILES string of the molecule is Cc1cc(Br)c(NC(=O)CCCCN)cc1Cl. The lowest BCUT2D eigenvalue weighted by Gasteiger charge is -2.09. The Kier molecular flexibility index (Phi) is 5.95. The van der Waals surface area contributed by atoms with Gasteiger partial charge in [0.05, 0.1) is 5.69 Å². The highest BCUT2D eigenvalue weighted by Gasteiger charge is 2.07. The van der Waals surface area contributed by atoms with Crippen LogP contribution in [0.5, 0.6) is 0 Å². The molecule has 0 fully saturated rings. The van der Waals surface area contributed by atoms with Crippen molar-refractivity contribution in [2.75, 3.05) is 11.9 Å². The van der Waals surface area contributed by atoms with Crippen LogP contribution in [0.25, 0.3) is 0 Å². The third kappa shape index (κ3) is 4.66. The second kappa shape index (κ2) is 6.99. The molecule has 94 valence electrons. The van der Waals surface area contributed by atoms with Crippen molar-refractivity contribution in [2.45, 2.75) is 26.2 Å². The monoisotopic (exact) mass is 318 g/mol. The lowest BCUT2D eigenvalue weighted by Crippen LogP contribution is -2.12. The number of nitrogens with one attached hydrogen (secondary N) is 1. The first-order valence-electron chi connectivity index (χ1n) is 5.50. The van der Waals surface area contributed by atoms with Crippen LogP contribution in [0.4, 0.5) is 5.69 Å². The number of carbonyl (C=O) groups is 1. The van der Waals surface area contributed by atoms with Gasteiger partial charge in [0.1, 0.15) is 0 Å². The summed E-state index contributed by atoms with van der Waals surface area (Å²) in [5.41, 5.74) is 7.05. The topological polar surface area (TPSA) is 55.1 Å². The molecule has 1 aromatic rings. The highest BCUT2D eigenvalue weighted by Crippen LogP contribution is 2.29. The van der Waals surface area contributed by atoms with Gasteiger partial charge in [-0.05, 0) is 59.9 Å². The van der Waals surface area contributed by atoms with Gasteiger partial charge in [0.15, 0.2) is 0 Å². The van der Waals surface area contributed by atoms with E-state index >= 15 is 0 Å². The van der Waals surface area contributed by atoms with Gasteiger partial charge in [-0.3, -0.25) is 4.79 Å². The number of unbranched alkanes of at least 4 members (excludes halogenated alkanes) is 1. The van der Waals surface area contributed by atoms with E-state index in [0.29, 0.717) is 23.7 Å². The molecule has 0 atom stereocenters. The predicted molar refractivity (Wildman–Crippen MR) is 75.4 cm³/mol. The standard InChI is InChI=1S/C12H16BrClN2O/c1-8-6-9(13)11(7-10(8)14)16-12(17)4-2-3-5-15/h6-7H,2-5,15H2,1H3,(H,16,17). The van der Waals surface area contributed by atoms with Gasteiger partial charge in [-0.25, -0.2) is 0 Å². The number of rotatable bonds is 5. The Labute approximate surface area is 115 Å². The van der Waals surface area contributed by atoms with Crippen molar-refractivity contribution < 1.29 is 4.79 Å². The second-order valence-corrected chi connectivity index (χ2v) is 5.14. The zero-order valence-electron chi connectivity index (χ0n) is 9.72. The molecule has 17 heavy (non-hydrogen) atoms. The van der Waals surface area contributed by atoms with Crippen LogP contribution in [-0.4, -0.2) is 12.5 Å². The van der Waals surface area contributed by atoms with Crippen LogP contribution in [0.15, 0.2) is 16.6 Å². The molecule has 3 nitrogen and oxygen atoms in total. The van der Waals surface area contributed by atoms with Crippen LogP contribution in [0.3, 0.4) is 0 Å². The minimum absolute atomic E-state index is 0.0148. The molecule has 0 aliphatic heterocycles. The van der Waals surface area contributed by atoms with Crippen LogP contribution in [0, 0.1) is 6.92 Å². The van der Waals surface area contributed by atoms with Crippen molar-refractivity contribution in [2.24, 2.45) is 5.73 Å². The molecule has 0 radical (unpaired) electrons. The number of anilines is 1. The van der Waals surface area contributed by atoms with Gasteiger partial charge in [-0.1, -0.05) is 11.6 Å². The maximum Gasteiger partial charge on any atom is 0.224 e. The predicted octanol–water partition coefficient (Wildman–Crippen LogP) is 3.48. The van der Waals surface area contributed by atoms with E-state index in [4.69, 9.17) is 17.3 Å². The summed E-state index contributed by atoms with van der Waals surface area (Å²) in [5.74, 6) is -0.0148. The van der Waals surface area contributed by atoms with Gasteiger partial charge in [-0.2, -0.15) is 0 Å².